The maximum Gasteiger partial charge on any atom is 0.111 e. The standard InChI is InChI=1S/C18H34O8/c1-3-19-5-7-21-9-11-23-13-15-25-17-18-26-16-14-24-12-10-22-8-6-20-4-2/h3-4H,1-2,5-18H2. The Morgan fingerprint density at radius 1 is 0.346 bits per heavy atom. The lowest BCUT2D eigenvalue weighted by atomic mass is 10.6. The average molecular weight is 378 g/mol. The zero-order valence-electron chi connectivity index (χ0n) is 15.7. The first-order valence-corrected chi connectivity index (χ1v) is 8.83. The molecule has 0 amide bonds. The molecule has 0 aliphatic carbocycles. The van der Waals surface area contributed by atoms with Crippen molar-refractivity contribution in [2.75, 3.05) is 92.5 Å². The molecule has 0 fully saturated rings. The first-order chi connectivity index (χ1) is 12.9. The van der Waals surface area contributed by atoms with E-state index >= 15 is 0 Å². The predicted octanol–water partition coefficient (Wildman–Crippen LogP) is 1.41. The zero-order valence-corrected chi connectivity index (χ0v) is 15.7. The van der Waals surface area contributed by atoms with Crippen LogP contribution in [-0.4, -0.2) is 92.5 Å². The van der Waals surface area contributed by atoms with Gasteiger partial charge in [-0.2, -0.15) is 0 Å². The van der Waals surface area contributed by atoms with E-state index in [1.54, 1.807) is 0 Å². The minimum atomic E-state index is 0.511. The normalized spacial score (nSPS) is 10.6. The number of hydrogen-bond donors (Lipinski definition) is 0. The van der Waals surface area contributed by atoms with Crippen molar-refractivity contribution >= 4 is 0 Å². The summed E-state index contributed by atoms with van der Waals surface area (Å²) >= 11 is 0. The Balaban J connectivity index is 2.96. The highest BCUT2D eigenvalue weighted by atomic mass is 16.6. The van der Waals surface area contributed by atoms with Gasteiger partial charge in [-0.3, -0.25) is 0 Å². The minimum Gasteiger partial charge on any atom is -0.499 e. The van der Waals surface area contributed by atoms with Crippen molar-refractivity contribution in [1.29, 1.82) is 0 Å². The maximum atomic E-state index is 5.38. The van der Waals surface area contributed by atoms with E-state index in [1.807, 2.05) is 0 Å². The largest absolute Gasteiger partial charge is 0.499 e. The monoisotopic (exact) mass is 378 g/mol. The molecule has 8 nitrogen and oxygen atoms in total. The fourth-order valence-electron chi connectivity index (χ4n) is 1.58. The minimum absolute atomic E-state index is 0.511. The molecular weight excluding hydrogens is 344 g/mol. The van der Waals surface area contributed by atoms with E-state index < -0.39 is 0 Å². The molecule has 26 heavy (non-hydrogen) atoms. The molecule has 0 spiro atoms. The summed E-state index contributed by atoms with van der Waals surface area (Å²) in [7, 11) is 0. The lowest BCUT2D eigenvalue weighted by molar-refractivity contribution is -0.0198. The van der Waals surface area contributed by atoms with E-state index in [-0.39, 0.29) is 0 Å². The third-order valence-electron chi connectivity index (χ3n) is 2.79. The Morgan fingerprint density at radius 3 is 0.731 bits per heavy atom. The fraction of sp³-hybridized carbons (Fsp3) is 0.778. The lowest BCUT2D eigenvalue weighted by Gasteiger charge is -2.08. The zero-order chi connectivity index (χ0) is 19.0. The number of ether oxygens (including phenoxy) is 8. The Kier molecular flexibility index (Phi) is 22.8. The van der Waals surface area contributed by atoms with Crippen LogP contribution in [0, 0.1) is 0 Å². The number of rotatable bonds is 23. The number of hydrogen-bond acceptors (Lipinski definition) is 8. The predicted molar refractivity (Wildman–Crippen MR) is 97.2 cm³/mol. The van der Waals surface area contributed by atoms with Crippen LogP contribution in [0.4, 0.5) is 0 Å². The van der Waals surface area contributed by atoms with Crippen molar-refractivity contribution < 1.29 is 37.9 Å². The molecule has 0 aliphatic rings. The first-order valence-electron chi connectivity index (χ1n) is 8.83. The molecule has 0 aliphatic heterocycles. The smallest absolute Gasteiger partial charge is 0.111 e. The van der Waals surface area contributed by atoms with Crippen molar-refractivity contribution in [3.63, 3.8) is 0 Å². The van der Waals surface area contributed by atoms with Gasteiger partial charge in [0, 0.05) is 0 Å². The van der Waals surface area contributed by atoms with Gasteiger partial charge in [0.2, 0.25) is 0 Å². The van der Waals surface area contributed by atoms with Crippen molar-refractivity contribution in [2.45, 2.75) is 0 Å². The summed E-state index contributed by atoms with van der Waals surface area (Å²) in [5, 5.41) is 0. The van der Waals surface area contributed by atoms with Crippen LogP contribution in [0.2, 0.25) is 0 Å². The van der Waals surface area contributed by atoms with Crippen LogP contribution in [0.3, 0.4) is 0 Å². The van der Waals surface area contributed by atoms with Gasteiger partial charge in [-0.1, -0.05) is 13.2 Å². The third-order valence-corrected chi connectivity index (χ3v) is 2.79. The molecule has 154 valence electrons. The van der Waals surface area contributed by atoms with Gasteiger partial charge in [0.05, 0.1) is 91.8 Å². The second-order valence-electron chi connectivity index (χ2n) is 4.75. The molecule has 0 rings (SSSR count). The van der Waals surface area contributed by atoms with Gasteiger partial charge in [0.1, 0.15) is 13.2 Å². The van der Waals surface area contributed by atoms with E-state index in [2.05, 4.69) is 13.2 Å². The van der Waals surface area contributed by atoms with Gasteiger partial charge in [0.25, 0.3) is 0 Å². The molecule has 0 aromatic carbocycles. The molecule has 0 saturated carbocycles. The molecule has 0 N–H and O–H groups in total. The highest BCUT2D eigenvalue weighted by Gasteiger charge is 1.94. The van der Waals surface area contributed by atoms with E-state index in [4.69, 9.17) is 37.9 Å². The second kappa shape index (κ2) is 23.8. The summed E-state index contributed by atoms with van der Waals surface area (Å²) in [5.74, 6) is 0. The topological polar surface area (TPSA) is 73.8 Å². The molecule has 0 aromatic heterocycles. The van der Waals surface area contributed by atoms with Crippen LogP contribution in [0.15, 0.2) is 25.7 Å². The van der Waals surface area contributed by atoms with Gasteiger partial charge in [-0.05, 0) is 0 Å². The molecule has 0 bridgehead atoms. The summed E-state index contributed by atoms with van der Waals surface area (Å²) in [6, 6.07) is 0. The van der Waals surface area contributed by atoms with Gasteiger partial charge in [-0.15, -0.1) is 0 Å². The van der Waals surface area contributed by atoms with Gasteiger partial charge in [-0.25, -0.2) is 0 Å². The van der Waals surface area contributed by atoms with Crippen molar-refractivity contribution in [2.24, 2.45) is 0 Å². The molecular formula is C18H34O8. The van der Waals surface area contributed by atoms with E-state index in [1.165, 1.54) is 12.5 Å². The first kappa shape index (κ1) is 24.8. The van der Waals surface area contributed by atoms with Gasteiger partial charge < -0.3 is 37.9 Å². The lowest BCUT2D eigenvalue weighted by Crippen LogP contribution is -2.14. The van der Waals surface area contributed by atoms with E-state index in [0.29, 0.717) is 92.5 Å². The average Bonchev–Trinajstić information content (AvgIpc) is 2.66. The molecule has 8 heteroatoms. The van der Waals surface area contributed by atoms with E-state index in [9.17, 15) is 0 Å². The summed E-state index contributed by atoms with van der Waals surface area (Å²) in [6.07, 6.45) is 2.79. The molecule has 0 atom stereocenters. The van der Waals surface area contributed by atoms with Crippen LogP contribution in [0.1, 0.15) is 0 Å². The van der Waals surface area contributed by atoms with Crippen molar-refractivity contribution in [1.82, 2.24) is 0 Å². The SMILES string of the molecule is C=COCCOCCOCCOCCOCCOCCOCCOC=C. The Bertz CT molecular complexity index is 260. The Labute approximate surface area is 156 Å². The van der Waals surface area contributed by atoms with Crippen LogP contribution in [0.5, 0.6) is 0 Å². The fourth-order valence-corrected chi connectivity index (χ4v) is 1.58. The second-order valence-corrected chi connectivity index (χ2v) is 4.75. The van der Waals surface area contributed by atoms with Crippen LogP contribution in [-0.2, 0) is 37.9 Å². The summed E-state index contributed by atoms with van der Waals surface area (Å²) in [6.45, 7) is 14.3. The van der Waals surface area contributed by atoms with Gasteiger partial charge in [0.15, 0.2) is 0 Å². The molecule has 0 unspecified atom stereocenters. The Hall–Kier alpha value is -1.16. The van der Waals surface area contributed by atoms with Crippen LogP contribution < -0.4 is 0 Å². The Morgan fingerprint density at radius 2 is 0.538 bits per heavy atom. The highest BCUT2D eigenvalue weighted by molar-refractivity contribution is 4.48. The maximum absolute atomic E-state index is 5.38. The molecule has 0 aromatic rings. The summed E-state index contributed by atoms with van der Waals surface area (Å²) in [4.78, 5) is 0. The highest BCUT2D eigenvalue weighted by Crippen LogP contribution is 1.85. The molecule has 0 heterocycles. The van der Waals surface area contributed by atoms with Crippen molar-refractivity contribution in [3.05, 3.63) is 25.7 Å². The molecule has 0 radical (unpaired) electrons. The third kappa shape index (κ3) is 22.8. The summed E-state index contributed by atoms with van der Waals surface area (Å²) in [5.41, 5.74) is 0. The van der Waals surface area contributed by atoms with Crippen LogP contribution in [0.25, 0.3) is 0 Å². The molecule has 0 saturated heterocycles. The van der Waals surface area contributed by atoms with Gasteiger partial charge >= 0.3 is 0 Å². The summed E-state index contributed by atoms with van der Waals surface area (Å²) < 4.78 is 41.9. The van der Waals surface area contributed by atoms with E-state index in [0.717, 1.165) is 0 Å². The van der Waals surface area contributed by atoms with Crippen LogP contribution >= 0.6 is 0 Å². The quantitative estimate of drug-likeness (QED) is 0.195. The van der Waals surface area contributed by atoms with Crippen molar-refractivity contribution in [3.8, 4) is 0 Å².